The van der Waals surface area contributed by atoms with Gasteiger partial charge in [0, 0.05) is 29.6 Å². The molecule has 0 unspecified atom stereocenters. The second-order valence-corrected chi connectivity index (χ2v) is 9.36. The Kier molecular flexibility index (Phi) is 3.08. The van der Waals surface area contributed by atoms with E-state index in [1.54, 1.807) is 0 Å². The molecule has 0 atom stereocenters. The maximum Gasteiger partial charge on any atom is 0.184 e. The molecule has 136 valence electrons. The highest BCUT2D eigenvalue weighted by atomic mass is 32.2. The molecule has 0 spiro atoms. The van der Waals surface area contributed by atoms with E-state index in [0.29, 0.717) is 40.3 Å². The van der Waals surface area contributed by atoms with Crippen LogP contribution in [0.3, 0.4) is 0 Å². The number of rotatable bonds is 2. The smallest absolute Gasteiger partial charge is 0.184 e. The predicted octanol–water partition coefficient (Wildman–Crippen LogP) is 2.46. The van der Waals surface area contributed by atoms with Crippen molar-refractivity contribution in [1.29, 1.82) is 0 Å². The third kappa shape index (κ3) is 2.00. The molecule has 5 rings (SSSR count). The average Bonchev–Trinajstić information content (AvgIpc) is 3.24. The number of hydrogen-bond acceptors (Lipinski definition) is 7. The summed E-state index contributed by atoms with van der Waals surface area (Å²) in [5.41, 5.74) is 8.83. The molecular formula is C17H19N5O3S. The Labute approximate surface area is 150 Å². The van der Waals surface area contributed by atoms with Crippen molar-refractivity contribution in [2.75, 3.05) is 11.5 Å². The normalized spacial score (nSPS) is 18.7. The Balaban J connectivity index is 1.95. The van der Waals surface area contributed by atoms with Crippen LogP contribution in [0.15, 0.2) is 15.7 Å². The van der Waals surface area contributed by atoms with Crippen LogP contribution in [0.4, 0.5) is 5.82 Å². The molecule has 1 aliphatic heterocycles. The first-order valence-corrected chi connectivity index (χ1v) is 10.4. The molecule has 0 bridgehead atoms. The fourth-order valence-electron chi connectivity index (χ4n) is 3.95. The van der Waals surface area contributed by atoms with E-state index in [0.717, 1.165) is 18.5 Å². The van der Waals surface area contributed by atoms with Crippen molar-refractivity contribution in [1.82, 2.24) is 19.7 Å². The zero-order chi connectivity index (χ0) is 18.2. The lowest BCUT2D eigenvalue weighted by molar-refractivity contribution is 0.382. The topological polar surface area (TPSA) is 117 Å². The molecule has 1 saturated carbocycles. The minimum absolute atomic E-state index is 0.0182. The summed E-state index contributed by atoms with van der Waals surface area (Å²) in [4.78, 5) is 8.79. The fraction of sp³-hybridized carbons (Fsp3) is 0.471. The quantitative estimate of drug-likeness (QED) is 0.733. The molecule has 0 amide bonds. The SMILES string of the molecule is CC(C)n1c2c(c3c(N)ncnc31)-c1noc(C3CC3)c1S(=O)(=O)CC2. The number of anilines is 1. The fourth-order valence-corrected chi connectivity index (χ4v) is 5.56. The van der Waals surface area contributed by atoms with Gasteiger partial charge in [-0.2, -0.15) is 0 Å². The van der Waals surface area contributed by atoms with E-state index >= 15 is 0 Å². The first-order chi connectivity index (χ1) is 12.4. The molecule has 2 N–H and O–H groups in total. The molecule has 4 heterocycles. The van der Waals surface area contributed by atoms with E-state index in [1.165, 1.54) is 6.33 Å². The van der Waals surface area contributed by atoms with Crippen LogP contribution >= 0.6 is 0 Å². The molecule has 2 aliphatic rings. The Morgan fingerprint density at radius 2 is 2.08 bits per heavy atom. The molecular weight excluding hydrogens is 354 g/mol. The minimum Gasteiger partial charge on any atom is -0.383 e. The summed E-state index contributed by atoms with van der Waals surface area (Å²) in [6, 6.07) is 0.0922. The molecule has 3 aromatic rings. The zero-order valence-corrected chi connectivity index (χ0v) is 15.4. The van der Waals surface area contributed by atoms with Gasteiger partial charge in [-0.15, -0.1) is 0 Å². The molecule has 3 aromatic heterocycles. The van der Waals surface area contributed by atoms with Crippen LogP contribution in [0.1, 0.15) is 50.1 Å². The molecule has 0 aromatic carbocycles. The van der Waals surface area contributed by atoms with Crippen molar-refractivity contribution in [3.8, 4) is 11.3 Å². The lowest BCUT2D eigenvalue weighted by Gasteiger charge is -2.13. The van der Waals surface area contributed by atoms with Gasteiger partial charge in [0.2, 0.25) is 0 Å². The minimum atomic E-state index is -3.48. The largest absolute Gasteiger partial charge is 0.383 e. The van der Waals surface area contributed by atoms with E-state index < -0.39 is 9.84 Å². The van der Waals surface area contributed by atoms with Crippen molar-refractivity contribution in [3.63, 3.8) is 0 Å². The summed E-state index contributed by atoms with van der Waals surface area (Å²) >= 11 is 0. The second kappa shape index (κ2) is 5.06. The standard InChI is InChI=1S/C17H19N5O3S/c1-8(2)22-10-5-6-26(23,24)15-13(21-25-14(15)9-3-4-9)11(10)12-16(18)19-7-20-17(12)22/h7-9H,3-6H2,1-2H3,(H2,18,19,20). The van der Waals surface area contributed by atoms with Crippen molar-refractivity contribution in [3.05, 3.63) is 17.8 Å². The van der Waals surface area contributed by atoms with Crippen LogP contribution in [0.5, 0.6) is 0 Å². The number of nitrogen functional groups attached to an aromatic ring is 1. The molecule has 1 aliphatic carbocycles. The average molecular weight is 373 g/mol. The summed E-state index contributed by atoms with van der Waals surface area (Å²) in [7, 11) is -3.48. The molecule has 1 fully saturated rings. The van der Waals surface area contributed by atoms with Crippen LogP contribution < -0.4 is 5.73 Å². The molecule has 26 heavy (non-hydrogen) atoms. The van der Waals surface area contributed by atoms with Gasteiger partial charge in [0.05, 0.1) is 11.1 Å². The zero-order valence-electron chi connectivity index (χ0n) is 14.6. The van der Waals surface area contributed by atoms with E-state index in [9.17, 15) is 8.42 Å². The van der Waals surface area contributed by atoms with Gasteiger partial charge in [-0.25, -0.2) is 18.4 Å². The maximum absolute atomic E-state index is 13.0. The number of sulfone groups is 1. The summed E-state index contributed by atoms with van der Waals surface area (Å²) in [5, 5.41) is 4.86. The monoisotopic (exact) mass is 373 g/mol. The molecule has 0 radical (unpaired) electrons. The van der Waals surface area contributed by atoms with Crippen molar-refractivity contribution < 1.29 is 12.9 Å². The summed E-state index contributed by atoms with van der Waals surface area (Å²) in [6.45, 7) is 4.08. The van der Waals surface area contributed by atoms with Gasteiger partial charge in [0.15, 0.2) is 15.6 Å². The van der Waals surface area contributed by atoms with Crippen LogP contribution in [0.2, 0.25) is 0 Å². The predicted molar refractivity (Wildman–Crippen MR) is 95.6 cm³/mol. The third-order valence-corrected chi connectivity index (χ3v) is 6.97. The summed E-state index contributed by atoms with van der Waals surface area (Å²) < 4.78 is 33.6. The van der Waals surface area contributed by atoms with Crippen molar-refractivity contribution >= 4 is 26.7 Å². The van der Waals surface area contributed by atoms with E-state index in [4.69, 9.17) is 10.3 Å². The number of nitrogens with zero attached hydrogens (tertiary/aromatic N) is 4. The number of hydrogen-bond donors (Lipinski definition) is 1. The Morgan fingerprint density at radius 1 is 1.31 bits per heavy atom. The Morgan fingerprint density at radius 3 is 2.77 bits per heavy atom. The Hall–Kier alpha value is -2.42. The van der Waals surface area contributed by atoms with Gasteiger partial charge in [0.25, 0.3) is 0 Å². The van der Waals surface area contributed by atoms with Gasteiger partial charge in [-0.3, -0.25) is 0 Å². The number of nitrogens with two attached hydrogens (primary N) is 1. The highest BCUT2D eigenvalue weighted by Gasteiger charge is 2.41. The molecule has 0 saturated heterocycles. The third-order valence-electron chi connectivity index (χ3n) is 5.21. The number of aromatic nitrogens is 4. The van der Waals surface area contributed by atoms with Crippen LogP contribution in [-0.2, 0) is 16.3 Å². The lowest BCUT2D eigenvalue weighted by Crippen LogP contribution is -2.12. The van der Waals surface area contributed by atoms with Gasteiger partial charge in [0.1, 0.15) is 28.4 Å². The van der Waals surface area contributed by atoms with E-state index in [2.05, 4.69) is 15.1 Å². The van der Waals surface area contributed by atoms with Crippen LogP contribution in [0, 0.1) is 0 Å². The molecule has 8 nitrogen and oxygen atoms in total. The Bertz CT molecular complexity index is 1150. The van der Waals surface area contributed by atoms with Crippen molar-refractivity contribution in [2.45, 2.75) is 50.0 Å². The van der Waals surface area contributed by atoms with Gasteiger partial charge in [-0.05, 0) is 26.7 Å². The number of fused-ring (bicyclic) bond motifs is 5. The van der Waals surface area contributed by atoms with Crippen molar-refractivity contribution in [2.24, 2.45) is 0 Å². The van der Waals surface area contributed by atoms with Gasteiger partial charge >= 0.3 is 0 Å². The van der Waals surface area contributed by atoms with Crippen LogP contribution in [-0.4, -0.2) is 33.9 Å². The maximum atomic E-state index is 13.0. The lowest BCUT2D eigenvalue weighted by atomic mass is 10.1. The summed E-state index contributed by atoms with van der Waals surface area (Å²) in [6.07, 6.45) is 3.68. The van der Waals surface area contributed by atoms with Crippen LogP contribution in [0.25, 0.3) is 22.3 Å². The van der Waals surface area contributed by atoms with E-state index in [-0.39, 0.29) is 22.6 Å². The second-order valence-electron chi connectivity index (χ2n) is 7.31. The first-order valence-electron chi connectivity index (χ1n) is 8.76. The van der Waals surface area contributed by atoms with E-state index in [1.807, 2.05) is 18.4 Å². The van der Waals surface area contributed by atoms with Gasteiger partial charge < -0.3 is 14.8 Å². The van der Waals surface area contributed by atoms with Gasteiger partial charge in [-0.1, -0.05) is 5.16 Å². The molecule has 9 heteroatoms. The highest BCUT2D eigenvalue weighted by molar-refractivity contribution is 7.91. The first kappa shape index (κ1) is 15.8. The summed E-state index contributed by atoms with van der Waals surface area (Å²) in [5.74, 6) is 0.986. The highest BCUT2D eigenvalue weighted by Crippen LogP contribution is 2.49.